The minimum Gasteiger partial charge on any atom is -0.314 e. The average molecular weight is 260 g/mol. The third-order valence-corrected chi connectivity index (χ3v) is 5.07. The van der Waals surface area contributed by atoms with E-state index in [1.165, 1.54) is 19.3 Å². The van der Waals surface area contributed by atoms with Crippen LogP contribution in [0.25, 0.3) is 0 Å². The van der Waals surface area contributed by atoms with Crippen molar-refractivity contribution < 1.29 is 8.42 Å². The molecule has 2 rings (SSSR count). The summed E-state index contributed by atoms with van der Waals surface area (Å²) in [4.78, 5) is 0. The van der Waals surface area contributed by atoms with Crippen LogP contribution in [0, 0.1) is 0 Å². The van der Waals surface area contributed by atoms with E-state index < -0.39 is 10.0 Å². The van der Waals surface area contributed by atoms with Crippen molar-refractivity contribution in [2.75, 3.05) is 12.3 Å². The van der Waals surface area contributed by atoms with Gasteiger partial charge in [0, 0.05) is 12.1 Å². The normalized spacial score (nSPS) is 22.8. The van der Waals surface area contributed by atoms with E-state index in [4.69, 9.17) is 0 Å². The summed E-state index contributed by atoms with van der Waals surface area (Å²) in [5, 5.41) is 3.34. The number of rotatable bonds is 7. The molecule has 2 fully saturated rings. The molecule has 2 aliphatic rings. The molecule has 0 amide bonds. The van der Waals surface area contributed by atoms with Crippen LogP contribution in [0.2, 0.25) is 0 Å². The standard InChI is InChI=1S/C12H24N2O2S/c15-17(16,10-4-9-13-11-7-8-11)14-12-5-2-1-3-6-12/h11-14H,1-10H2. The Balaban J connectivity index is 1.62. The van der Waals surface area contributed by atoms with Gasteiger partial charge in [0.1, 0.15) is 0 Å². The second-order valence-electron chi connectivity index (χ2n) is 5.35. The molecule has 0 unspecified atom stereocenters. The average Bonchev–Trinajstić information content (AvgIpc) is 3.09. The zero-order valence-corrected chi connectivity index (χ0v) is 11.3. The zero-order chi connectivity index (χ0) is 12.1. The Kier molecular flexibility index (Phi) is 4.82. The van der Waals surface area contributed by atoms with Crippen molar-refractivity contribution in [3.63, 3.8) is 0 Å². The molecule has 0 aliphatic heterocycles. The summed E-state index contributed by atoms with van der Waals surface area (Å²) in [5.41, 5.74) is 0. The molecule has 0 radical (unpaired) electrons. The van der Waals surface area contributed by atoms with Gasteiger partial charge in [-0.3, -0.25) is 0 Å². The number of nitrogens with one attached hydrogen (secondary N) is 2. The predicted molar refractivity (Wildman–Crippen MR) is 69.4 cm³/mol. The van der Waals surface area contributed by atoms with Gasteiger partial charge in [0.05, 0.1) is 5.75 Å². The Morgan fingerprint density at radius 2 is 1.65 bits per heavy atom. The SMILES string of the molecule is O=S(=O)(CCCNC1CC1)NC1CCCCC1. The minimum atomic E-state index is -3.05. The van der Waals surface area contributed by atoms with Crippen molar-refractivity contribution in [2.24, 2.45) is 0 Å². The van der Waals surface area contributed by atoms with E-state index in [9.17, 15) is 8.42 Å². The Morgan fingerprint density at radius 1 is 0.941 bits per heavy atom. The molecule has 0 aromatic rings. The summed E-state index contributed by atoms with van der Waals surface area (Å²) < 4.78 is 26.5. The molecule has 2 saturated carbocycles. The molecule has 0 saturated heterocycles. The fraction of sp³-hybridized carbons (Fsp3) is 1.00. The quantitative estimate of drug-likeness (QED) is 0.680. The van der Waals surface area contributed by atoms with Crippen molar-refractivity contribution in [2.45, 2.75) is 63.5 Å². The highest BCUT2D eigenvalue weighted by molar-refractivity contribution is 7.89. The van der Waals surface area contributed by atoms with Crippen molar-refractivity contribution >= 4 is 10.0 Å². The van der Waals surface area contributed by atoms with Gasteiger partial charge in [0.2, 0.25) is 10.0 Å². The van der Waals surface area contributed by atoms with Crippen LogP contribution in [-0.2, 0) is 10.0 Å². The summed E-state index contributed by atoms with van der Waals surface area (Å²) in [6, 6.07) is 0.870. The maximum absolute atomic E-state index is 11.8. The fourth-order valence-electron chi connectivity index (χ4n) is 2.39. The highest BCUT2D eigenvalue weighted by Gasteiger charge is 2.21. The molecule has 0 bridgehead atoms. The molecule has 100 valence electrons. The largest absolute Gasteiger partial charge is 0.314 e. The van der Waals surface area contributed by atoms with Crippen LogP contribution in [0.3, 0.4) is 0 Å². The van der Waals surface area contributed by atoms with E-state index in [1.54, 1.807) is 0 Å². The van der Waals surface area contributed by atoms with Crippen LogP contribution in [0.15, 0.2) is 0 Å². The first-order valence-corrected chi connectivity index (χ1v) is 8.54. The molecule has 4 nitrogen and oxygen atoms in total. The Bertz CT molecular complexity index is 319. The van der Waals surface area contributed by atoms with E-state index in [2.05, 4.69) is 10.0 Å². The molecule has 0 spiro atoms. The van der Waals surface area contributed by atoms with Gasteiger partial charge < -0.3 is 5.32 Å². The number of hydrogen-bond acceptors (Lipinski definition) is 3. The lowest BCUT2D eigenvalue weighted by Gasteiger charge is -2.22. The van der Waals surface area contributed by atoms with Crippen LogP contribution in [0.1, 0.15) is 51.4 Å². The van der Waals surface area contributed by atoms with E-state index in [1.807, 2.05) is 0 Å². The van der Waals surface area contributed by atoms with Crippen molar-refractivity contribution in [1.29, 1.82) is 0 Å². The van der Waals surface area contributed by atoms with Gasteiger partial charge in [-0.2, -0.15) is 0 Å². The first-order valence-electron chi connectivity index (χ1n) is 6.89. The highest BCUT2D eigenvalue weighted by atomic mass is 32.2. The molecule has 2 N–H and O–H groups in total. The minimum absolute atomic E-state index is 0.199. The lowest BCUT2D eigenvalue weighted by Crippen LogP contribution is -2.38. The van der Waals surface area contributed by atoms with Crippen molar-refractivity contribution in [3.05, 3.63) is 0 Å². The summed E-state index contributed by atoms with van der Waals surface area (Å²) >= 11 is 0. The summed E-state index contributed by atoms with van der Waals surface area (Å²) in [6.45, 7) is 0.830. The topological polar surface area (TPSA) is 58.2 Å². The van der Waals surface area contributed by atoms with Crippen molar-refractivity contribution in [1.82, 2.24) is 10.0 Å². The molecular weight excluding hydrogens is 236 g/mol. The second kappa shape index (κ2) is 6.16. The van der Waals surface area contributed by atoms with Crippen molar-refractivity contribution in [3.8, 4) is 0 Å². The molecule has 17 heavy (non-hydrogen) atoms. The van der Waals surface area contributed by atoms with Crippen LogP contribution < -0.4 is 10.0 Å². The number of sulfonamides is 1. The highest BCUT2D eigenvalue weighted by Crippen LogP contribution is 2.19. The zero-order valence-electron chi connectivity index (χ0n) is 10.5. The number of hydrogen-bond donors (Lipinski definition) is 2. The smallest absolute Gasteiger partial charge is 0.211 e. The summed E-state index contributed by atoms with van der Waals surface area (Å²) in [7, 11) is -3.05. The maximum Gasteiger partial charge on any atom is 0.211 e. The molecule has 0 heterocycles. The third-order valence-electron chi connectivity index (χ3n) is 3.55. The lowest BCUT2D eigenvalue weighted by atomic mass is 9.96. The molecular formula is C12H24N2O2S. The summed E-state index contributed by atoms with van der Waals surface area (Å²) in [6.07, 6.45) is 8.84. The van der Waals surface area contributed by atoms with E-state index >= 15 is 0 Å². The van der Waals surface area contributed by atoms with Crippen LogP contribution >= 0.6 is 0 Å². The Hall–Kier alpha value is -0.130. The summed E-state index contributed by atoms with van der Waals surface area (Å²) in [5.74, 6) is 0.267. The predicted octanol–water partition coefficient (Wildman–Crippen LogP) is 1.38. The maximum atomic E-state index is 11.8. The van der Waals surface area contributed by atoms with E-state index in [-0.39, 0.29) is 11.8 Å². The Labute approximate surface area is 105 Å². The fourth-order valence-corrected chi connectivity index (χ4v) is 3.77. The first kappa shape index (κ1) is 13.3. The second-order valence-corrected chi connectivity index (χ2v) is 7.23. The van der Waals surface area contributed by atoms with Crippen LogP contribution in [0.4, 0.5) is 0 Å². The molecule has 0 aromatic heterocycles. The monoisotopic (exact) mass is 260 g/mol. The van der Waals surface area contributed by atoms with Gasteiger partial charge in [-0.05, 0) is 38.6 Å². The van der Waals surface area contributed by atoms with E-state index in [0.29, 0.717) is 6.04 Å². The molecule has 5 heteroatoms. The van der Waals surface area contributed by atoms with Gasteiger partial charge in [0.25, 0.3) is 0 Å². The van der Waals surface area contributed by atoms with Gasteiger partial charge in [-0.25, -0.2) is 13.1 Å². The first-order chi connectivity index (χ1) is 8.16. The van der Waals surface area contributed by atoms with Crippen LogP contribution in [-0.4, -0.2) is 32.8 Å². The molecule has 2 aliphatic carbocycles. The van der Waals surface area contributed by atoms with Gasteiger partial charge in [0.15, 0.2) is 0 Å². The third kappa shape index (κ3) is 5.36. The lowest BCUT2D eigenvalue weighted by molar-refractivity contribution is 0.412. The molecule has 0 aromatic carbocycles. The van der Waals surface area contributed by atoms with Gasteiger partial charge in [-0.1, -0.05) is 19.3 Å². The van der Waals surface area contributed by atoms with Gasteiger partial charge in [-0.15, -0.1) is 0 Å². The molecule has 0 atom stereocenters. The van der Waals surface area contributed by atoms with E-state index in [0.717, 1.165) is 38.6 Å². The Morgan fingerprint density at radius 3 is 2.29 bits per heavy atom. The van der Waals surface area contributed by atoms with Gasteiger partial charge >= 0.3 is 0 Å². The van der Waals surface area contributed by atoms with Crippen LogP contribution in [0.5, 0.6) is 0 Å².